The Hall–Kier alpha value is -3.81. The second kappa shape index (κ2) is 11.1. The molecule has 0 aliphatic heterocycles. The Kier molecular flexibility index (Phi) is 7.70. The Bertz CT molecular complexity index is 1340. The highest BCUT2D eigenvalue weighted by molar-refractivity contribution is 7.67. The van der Waals surface area contributed by atoms with E-state index in [1.807, 2.05) is 54.6 Å². The second-order valence-electron chi connectivity index (χ2n) is 8.37. The lowest BCUT2D eigenvalue weighted by Crippen LogP contribution is -2.23. The number of nitrogens with zero attached hydrogens (tertiary/aromatic N) is 2. The summed E-state index contributed by atoms with van der Waals surface area (Å²) in [4.78, 5) is 18.1. The topological polar surface area (TPSA) is 23.6 Å². The van der Waals surface area contributed by atoms with Crippen LogP contribution in [0.4, 0.5) is 11.4 Å². The zero-order valence-corrected chi connectivity index (χ0v) is 21.0. The van der Waals surface area contributed by atoms with Gasteiger partial charge >= 0.3 is 0 Å². The van der Waals surface area contributed by atoms with Gasteiger partial charge in [0.25, 0.3) is 0 Å². The van der Waals surface area contributed by atoms with Gasteiger partial charge in [0.15, 0.2) is 5.43 Å². The summed E-state index contributed by atoms with van der Waals surface area (Å²) in [5, 5.41) is 4.99. The molecular weight excluding hydrogens is 447 g/mol. The summed E-state index contributed by atoms with van der Waals surface area (Å²) in [7, 11) is -0.922. The minimum Gasteiger partial charge on any atom is -0.364 e. The zero-order valence-electron chi connectivity index (χ0n) is 20.1. The van der Waals surface area contributed by atoms with E-state index in [4.69, 9.17) is 0 Å². The lowest BCUT2D eigenvalue weighted by molar-refractivity contribution is 0.958. The lowest BCUT2D eigenvalue weighted by Gasteiger charge is -2.24. The van der Waals surface area contributed by atoms with Crippen molar-refractivity contribution >= 4 is 39.9 Å². The van der Waals surface area contributed by atoms with E-state index in [1.165, 1.54) is 5.30 Å². The van der Waals surface area contributed by atoms with Gasteiger partial charge in [-0.25, -0.2) is 0 Å². The smallest absolute Gasteiger partial charge is 0.194 e. The van der Waals surface area contributed by atoms with Gasteiger partial charge in [0, 0.05) is 58.6 Å². The molecule has 176 valence electrons. The van der Waals surface area contributed by atoms with Gasteiger partial charge in [-0.3, -0.25) is 4.79 Å². The lowest BCUT2D eigenvalue weighted by atomic mass is 10.1. The van der Waals surface area contributed by atoms with Crippen LogP contribution in [0.5, 0.6) is 0 Å². The summed E-state index contributed by atoms with van der Waals surface area (Å²) in [5.74, 6) is 0. The van der Waals surface area contributed by atoms with Crippen molar-refractivity contribution in [3.05, 3.63) is 128 Å². The standard InChI is InChI=1S/C31H31N2OP/c1-5-18-32(19-6-2)24-14-16-27-29(22-24)35(26-12-10-9-11-13-26)30-23-25(15-17-28(30)31(27)34)33(20-7-3)21-8-4/h5-17,22-23H,1-4,18-21H2. The fraction of sp³-hybridized carbons (Fsp3) is 0.129. The Balaban J connectivity index is 2.08. The molecule has 35 heavy (non-hydrogen) atoms. The Morgan fingerprint density at radius 1 is 0.629 bits per heavy atom. The van der Waals surface area contributed by atoms with Gasteiger partial charge in [0.1, 0.15) is 0 Å². The van der Waals surface area contributed by atoms with Crippen LogP contribution in [0.1, 0.15) is 0 Å². The Morgan fingerprint density at radius 2 is 1.06 bits per heavy atom. The predicted octanol–water partition coefficient (Wildman–Crippen LogP) is 7.69. The van der Waals surface area contributed by atoms with E-state index in [1.54, 1.807) is 0 Å². The van der Waals surface area contributed by atoms with Gasteiger partial charge in [-0.1, -0.05) is 62.2 Å². The molecule has 4 heteroatoms. The number of fused-ring (bicyclic) bond motifs is 2. The van der Waals surface area contributed by atoms with Crippen LogP contribution in [0.2, 0.25) is 0 Å². The average molecular weight is 479 g/mol. The first-order chi connectivity index (χ1) is 17.1. The molecule has 0 saturated heterocycles. The van der Waals surface area contributed by atoms with Gasteiger partial charge in [-0.15, -0.1) is 26.3 Å². The summed E-state index contributed by atoms with van der Waals surface area (Å²) < 4.78 is 0. The van der Waals surface area contributed by atoms with Crippen LogP contribution in [-0.2, 0) is 0 Å². The fourth-order valence-corrected chi connectivity index (χ4v) is 7.15. The first-order valence-electron chi connectivity index (χ1n) is 11.7. The van der Waals surface area contributed by atoms with Gasteiger partial charge in [-0.2, -0.15) is 0 Å². The molecule has 0 spiro atoms. The summed E-state index contributed by atoms with van der Waals surface area (Å²) in [5.41, 5.74) is 2.22. The van der Waals surface area contributed by atoms with Crippen LogP contribution in [-0.4, -0.2) is 26.2 Å². The van der Waals surface area contributed by atoms with Crippen molar-refractivity contribution in [2.24, 2.45) is 0 Å². The molecule has 4 rings (SSSR count). The maximum absolute atomic E-state index is 13.7. The number of rotatable bonds is 11. The third-order valence-electron chi connectivity index (χ3n) is 6.08. The third-order valence-corrected chi connectivity index (χ3v) is 8.59. The minimum absolute atomic E-state index is 0.0840. The average Bonchev–Trinajstić information content (AvgIpc) is 2.88. The molecule has 1 aromatic heterocycles. The van der Waals surface area contributed by atoms with Crippen molar-refractivity contribution < 1.29 is 0 Å². The van der Waals surface area contributed by atoms with Gasteiger partial charge < -0.3 is 9.80 Å². The van der Waals surface area contributed by atoms with Crippen molar-refractivity contribution in [1.29, 1.82) is 0 Å². The van der Waals surface area contributed by atoms with Crippen LogP contribution in [0.25, 0.3) is 26.3 Å². The predicted molar refractivity (Wildman–Crippen MR) is 157 cm³/mol. The van der Waals surface area contributed by atoms with E-state index in [9.17, 15) is 4.79 Å². The van der Waals surface area contributed by atoms with E-state index in [-0.39, 0.29) is 5.43 Å². The monoisotopic (exact) mass is 478 g/mol. The van der Waals surface area contributed by atoms with Crippen molar-refractivity contribution in [3.63, 3.8) is 0 Å². The highest BCUT2D eigenvalue weighted by Gasteiger charge is 2.17. The molecule has 1 heterocycles. The summed E-state index contributed by atoms with van der Waals surface area (Å²) in [6.45, 7) is 18.5. The zero-order chi connectivity index (χ0) is 24.8. The highest BCUT2D eigenvalue weighted by Crippen LogP contribution is 2.52. The van der Waals surface area contributed by atoms with E-state index in [0.29, 0.717) is 26.2 Å². The van der Waals surface area contributed by atoms with Crippen LogP contribution < -0.4 is 15.2 Å². The molecule has 0 aliphatic rings. The van der Waals surface area contributed by atoms with Crippen LogP contribution in [0.15, 0.2) is 122 Å². The maximum atomic E-state index is 13.7. The van der Waals surface area contributed by atoms with Crippen molar-refractivity contribution in [2.45, 2.75) is 0 Å². The number of hydrogen-bond donors (Lipinski definition) is 0. The molecule has 0 fully saturated rings. The normalized spacial score (nSPS) is 10.7. The van der Waals surface area contributed by atoms with Crippen molar-refractivity contribution in [2.75, 3.05) is 36.0 Å². The van der Waals surface area contributed by atoms with E-state index in [0.717, 1.165) is 32.4 Å². The summed E-state index contributed by atoms with van der Waals surface area (Å²) >= 11 is 0. The van der Waals surface area contributed by atoms with Crippen LogP contribution in [0, 0.1) is 0 Å². The van der Waals surface area contributed by atoms with Gasteiger partial charge in [-0.05, 0) is 41.7 Å². The Morgan fingerprint density at radius 3 is 1.46 bits per heavy atom. The van der Waals surface area contributed by atoms with E-state index < -0.39 is 7.53 Å². The number of anilines is 2. The molecule has 3 nitrogen and oxygen atoms in total. The Labute approximate surface area is 208 Å². The fourth-order valence-electron chi connectivity index (χ4n) is 4.51. The quantitative estimate of drug-likeness (QED) is 0.163. The van der Waals surface area contributed by atoms with Gasteiger partial charge in [0.2, 0.25) is 0 Å². The molecule has 0 bridgehead atoms. The molecule has 0 N–H and O–H groups in total. The molecule has 3 aromatic carbocycles. The highest BCUT2D eigenvalue weighted by atomic mass is 31.1. The van der Waals surface area contributed by atoms with E-state index >= 15 is 0 Å². The second-order valence-corrected chi connectivity index (χ2v) is 10.5. The third kappa shape index (κ3) is 4.87. The molecular formula is C31H31N2OP. The molecule has 0 aliphatic carbocycles. The summed E-state index contributed by atoms with van der Waals surface area (Å²) in [6, 6.07) is 23.0. The van der Waals surface area contributed by atoms with Crippen LogP contribution >= 0.6 is 7.53 Å². The first kappa shape index (κ1) is 24.3. The minimum atomic E-state index is -0.922. The van der Waals surface area contributed by atoms with Gasteiger partial charge in [0.05, 0.1) is 0 Å². The SMILES string of the molecule is C=CCN(CC=C)c1ccc2c(=O)c3ccc(N(CC=C)CC=C)cc3p(-c3ccccc3)c2c1. The van der Waals surface area contributed by atoms with Crippen LogP contribution in [0.3, 0.4) is 0 Å². The summed E-state index contributed by atoms with van der Waals surface area (Å²) in [6.07, 6.45) is 7.57. The first-order valence-corrected chi connectivity index (χ1v) is 13.1. The molecule has 0 amide bonds. The molecule has 0 unspecified atom stereocenters. The molecule has 0 saturated carbocycles. The molecule has 0 atom stereocenters. The number of hydrogen-bond acceptors (Lipinski definition) is 3. The maximum Gasteiger partial charge on any atom is 0.194 e. The number of benzene rings is 3. The molecule has 4 aromatic rings. The van der Waals surface area contributed by atoms with Crippen molar-refractivity contribution in [3.8, 4) is 5.30 Å². The largest absolute Gasteiger partial charge is 0.364 e. The van der Waals surface area contributed by atoms with Crippen molar-refractivity contribution in [1.82, 2.24) is 0 Å². The molecule has 0 radical (unpaired) electrons. The van der Waals surface area contributed by atoms with E-state index in [2.05, 4.69) is 72.5 Å².